The minimum Gasteiger partial charge on any atom is -0.370 e. The predicted octanol–water partition coefficient (Wildman–Crippen LogP) is 7.50. The molecule has 0 spiro atoms. The summed E-state index contributed by atoms with van der Waals surface area (Å²) >= 11 is 0. The van der Waals surface area contributed by atoms with E-state index in [0.717, 1.165) is 67.3 Å². The first-order chi connectivity index (χ1) is 23.6. The molecule has 2 aromatic heterocycles. The monoisotopic (exact) mass is 648 g/mol. The van der Waals surface area contributed by atoms with Crippen LogP contribution in [0.3, 0.4) is 0 Å². The second-order valence-electron chi connectivity index (χ2n) is 12.9. The number of nitrogens with zero attached hydrogens (tertiary/aromatic N) is 2. The number of hydrogen-bond acceptors (Lipinski definition) is 2. The molecule has 0 aliphatic carbocycles. The largest absolute Gasteiger partial charge is 0.370 e. The van der Waals surface area contributed by atoms with Crippen LogP contribution in [-0.4, -0.2) is 21.9 Å². The zero-order valence-corrected chi connectivity index (χ0v) is 28.5. The molecule has 0 atom stereocenters. The number of rotatable bonds is 10. The van der Waals surface area contributed by atoms with Crippen molar-refractivity contribution >= 4 is 11.9 Å². The highest BCUT2D eigenvalue weighted by Crippen LogP contribution is 2.47. The van der Waals surface area contributed by atoms with Gasteiger partial charge in [0.25, 0.3) is 0 Å². The zero-order valence-electron chi connectivity index (χ0n) is 28.5. The van der Waals surface area contributed by atoms with Crippen LogP contribution < -0.4 is 22.9 Å². The average Bonchev–Trinajstić information content (AvgIpc) is 3.65. The summed E-state index contributed by atoms with van der Waals surface area (Å²) in [5, 5.41) is 0. The molecular formula is C41H44N8. The molecule has 0 bridgehead atoms. The van der Waals surface area contributed by atoms with Crippen LogP contribution in [0.5, 0.6) is 0 Å². The Hall–Kier alpha value is -6.02. The van der Waals surface area contributed by atoms with Crippen LogP contribution >= 0.6 is 0 Å². The Kier molecular flexibility index (Phi) is 9.14. The average molecular weight is 649 g/mol. The third kappa shape index (κ3) is 6.45. The number of aromatic amines is 2. The van der Waals surface area contributed by atoms with Crippen molar-refractivity contribution in [3.05, 3.63) is 143 Å². The van der Waals surface area contributed by atoms with Gasteiger partial charge < -0.3 is 32.9 Å². The molecule has 0 unspecified atom stereocenters. The van der Waals surface area contributed by atoms with Crippen molar-refractivity contribution in [3.8, 4) is 44.8 Å². The quantitative estimate of drug-likeness (QED) is 0.0671. The first kappa shape index (κ1) is 32.9. The predicted molar refractivity (Wildman–Crippen MR) is 204 cm³/mol. The maximum atomic E-state index is 5.75. The van der Waals surface area contributed by atoms with Gasteiger partial charge in [-0.2, -0.15) is 0 Å². The maximum absolute atomic E-state index is 5.75. The van der Waals surface area contributed by atoms with E-state index in [-0.39, 0.29) is 11.9 Å². The van der Waals surface area contributed by atoms with Crippen molar-refractivity contribution in [3.63, 3.8) is 0 Å². The summed E-state index contributed by atoms with van der Waals surface area (Å²) < 4.78 is 0. The summed E-state index contributed by atoms with van der Waals surface area (Å²) in [5.74, 6) is 0.129. The molecular weight excluding hydrogens is 605 g/mol. The topological polar surface area (TPSA) is 160 Å². The van der Waals surface area contributed by atoms with Gasteiger partial charge in [-0.25, -0.2) is 9.98 Å². The third-order valence-corrected chi connectivity index (χ3v) is 9.31. The molecule has 0 radical (unpaired) electrons. The van der Waals surface area contributed by atoms with Crippen molar-refractivity contribution in [2.24, 2.45) is 32.9 Å². The second-order valence-corrected chi connectivity index (χ2v) is 12.9. The molecule has 0 saturated heterocycles. The van der Waals surface area contributed by atoms with E-state index >= 15 is 0 Å². The van der Waals surface area contributed by atoms with Crippen molar-refractivity contribution < 1.29 is 0 Å². The molecule has 6 rings (SSSR count). The fourth-order valence-electron chi connectivity index (χ4n) is 7.05. The van der Waals surface area contributed by atoms with E-state index in [0.29, 0.717) is 13.1 Å². The van der Waals surface area contributed by atoms with Gasteiger partial charge in [0.05, 0.1) is 24.5 Å². The molecule has 0 aliphatic heterocycles. The molecule has 8 nitrogen and oxygen atoms in total. The number of H-pyrrole nitrogens is 2. The second kappa shape index (κ2) is 13.6. The summed E-state index contributed by atoms with van der Waals surface area (Å²) in [6.45, 7) is 9.72. The van der Waals surface area contributed by atoms with Crippen molar-refractivity contribution in [1.29, 1.82) is 0 Å². The number of aromatic nitrogens is 2. The summed E-state index contributed by atoms with van der Waals surface area (Å²) in [5.41, 5.74) is 37.9. The molecule has 4 aromatic carbocycles. The molecule has 2 heterocycles. The lowest BCUT2D eigenvalue weighted by molar-refractivity contribution is 0.596. The number of hydrogen-bond donors (Lipinski definition) is 6. The van der Waals surface area contributed by atoms with Crippen LogP contribution in [0, 0.1) is 13.8 Å². The minimum atomic E-state index is -0.471. The number of guanidine groups is 2. The third-order valence-electron chi connectivity index (χ3n) is 9.31. The number of nitrogens with two attached hydrogens (primary N) is 4. The number of aliphatic imine (C=N–C) groups is 2. The summed E-state index contributed by atoms with van der Waals surface area (Å²) in [6, 6.07) is 37.6. The lowest BCUT2D eigenvalue weighted by Gasteiger charge is -2.25. The Balaban J connectivity index is 1.59. The van der Waals surface area contributed by atoms with Crippen LogP contribution in [0.15, 0.2) is 119 Å². The SMILES string of the molecule is Cc1c(C(C)(C)c2[nH]c(-c3ccccc3CN=C(N)N)c(-c3ccccc3)c2C)[nH]c(-c2ccccc2CN=C(N)N)c1-c1ccccc1. The lowest BCUT2D eigenvalue weighted by Crippen LogP contribution is -2.22. The van der Waals surface area contributed by atoms with Crippen LogP contribution in [0.1, 0.15) is 47.5 Å². The van der Waals surface area contributed by atoms with Gasteiger partial charge in [-0.3, -0.25) is 0 Å². The van der Waals surface area contributed by atoms with Gasteiger partial charge in [-0.15, -0.1) is 0 Å². The van der Waals surface area contributed by atoms with Crippen LogP contribution in [0.2, 0.25) is 0 Å². The van der Waals surface area contributed by atoms with Crippen LogP contribution in [0.25, 0.3) is 44.8 Å². The van der Waals surface area contributed by atoms with Gasteiger partial charge in [0.1, 0.15) is 0 Å². The van der Waals surface area contributed by atoms with Crippen LogP contribution in [0.4, 0.5) is 0 Å². The van der Waals surface area contributed by atoms with Crippen LogP contribution in [-0.2, 0) is 18.5 Å². The highest BCUT2D eigenvalue weighted by Gasteiger charge is 2.35. The molecule has 0 aliphatic rings. The fourth-order valence-corrected chi connectivity index (χ4v) is 7.05. The summed E-state index contributed by atoms with van der Waals surface area (Å²) in [7, 11) is 0. The first-order valence-corrected chi connectivity index (χ1v) is 16.4. The summed E-state index contributed by atoms with van der Waals surface area (Å²) in [6.07, 6.45) is 0. The molecule has 248 valence electrons. The Morgan fingerprint density at radius 2 is 0.878 bits per heavy atom. The standard InChI is InChI=1S/C41H44N8/c1-25-33(27-15-7-5-8-16-27)35(31-21-13-11-19-29(31)23-46-39(42)43)48-37(25)41(3,4)38-26(2)34(28-17-9-6-10-18-28)36(49-38)32-22-14-12-20-30(32)24-47-40(44)45/h5-22,48-49H,23-24H2,1-4H3,(H4,42,43,46)(H4,44,45,47). The van der Waals surface area contributed by atoms with E-state index < -0.39 is 5.41 Å². The van der Waals surface area contributed by atoms with Gasteiger partial charge in [0.15, 0.2) is 11.9 Å². The minimum absolute atomic E-state index is 0.0645. The Bertz CT molecular complexity index is 1990. The maximum Gasteiger partial charge on any atom is 0.186 e. The lowest BCUT2D eigenvalue weighted by atomic mass is 9.80. The highest BCUT2D eigenvalue weighted by molar-refractivity contribution is 5.89. The van der Waals surface area contributed by atoms with E-state index in [1.165, 1.54) is 11.1 Å². The molecule has 6 aromatic rings. The smallest absolute Gasteiger partial charge is 0.186 e. The molecule has 8 heteroatoms. The normalized spacial score (nSPS) is 11.3. The van der Waals surface area contributed by atoms with Crippen molar-refractivity contribution in [1.82, 2.24) is 9.97 Å². The zero-order chi connectivity index (χ0) is 34.7. The Morgan fingerprint density at radius 3 is 1.24 bits per heavy atom. The molecule has 0 fully saturated rings. The molecule has 0 saturated carbocycles. The van der Waals surface area contributed by atoms with Gasteiger partial charge >= 0.3 is 0 Å². The molecule has 0 amide bonds. The van der Waals surface area contributed by atoms with Gasteiger partial charge in [-0.05, 0) is 61.1 Å². The van der Waals surface area contributed by atoms with Gasteiger partial charge in [0.2, 0.25) is 0 Å². The first-order valence-electron chi connectivity index (χ1n) is 16.4. The Morgan fingerprint density at radius 1 is 0.531 bits per heavy atom. The number of benzene rings is 4. The summed E-state index contributed by atoms with van der Waals surface area (Å²) in [4.78, 5) is 16.6. The van der Waals surface area contributed by atoms with E-state index in [2.05, 4.69) is 133 Å². The number of nitrogens with one attached hydrogen (secondary N) is 2. The van der Waals surface area contributed by atoms with Gasteiger partial charge in [-0.1, -0.05) is 109 Å². The Labute approximate surface area is 288 Å². The van der Waals surface area contributed by atoms with Crippen molar-refractivity contribution in [2.45, 2.75) is 46.2 Å². The van der Waals surface area contributed by atoms with E-state index in [9.17, 15) is 0 Å². The highest BCUT2D eigenvalue weighted by atomic mass is 15.0. The van der Waals surface area contributed by atoms with E-state index in [1.807, 2.05) is 24.3 Å². The molecule has 49 heavy (non-hydrogen) atoms. The molecule has 10 N–H and O–H groups in total. The van der Waals surface area contributed by atoms with E-state index in [4.69, 9.17) is 22.9 Å². The fraction of sp³-hybridized carbons (Fsp3) is 0.171. The van der Waals surface area contributed by atoms with E-state index in [1.54, 1.807) is 0 Å². The van der Waals surface area contributed by atoms with Gasteiger partial charge in [0, 0.05) is 39.1 Å². The van der Waals surface area contributed by atoms with Crippen molar-refractivity contribution in [2.75, 3.05) is 0 Å².